The lowest BCUT2D eigenvalue weighted by Crippen LogP contribution is -2.52. The molecule has 0 radical (unpaired) electrons. The molecule has 3 fully saturated rings. The molecule has 7 heteroatoms. The summed E-state index contributed by atoms with van der Waals surface area (Å²) in [5, 5.41) is 14.3. The van der Waals surface area contributed by atoms with Gasteiger partial charge >= 0.3 is 0 Å². The van der Waals surface area contributed by atoms with Gasteiger partial charge < -0.3 is 25.0 Å². The SMILES string of the molecule is CC1CN(C(C)CN2CCC(NC(=O)c3cc4c(OCC5CCC5)cccc4[nH]3)CC2)CCC1O. The lowest BCUT2D eigenvalue weighted by atomic mass is 9.86. The molecule has 2 saturated heterocycles. The van der Waals surface area contributed by atoms with E-state index in [4.69, 9.17) is 4.74 Å². The smallest absolute Gasteiger partial charge is 0.267 e. The van der Waals surface area contributed by atoms with E-state index >= 15 is 0 Å². The largest absolute Gasteiger partial charge is 0.493 e. The number of piperidine rings is 2. The Morgan fingerprint density at radius 1 is 1.20 bits per heavy atom. The van der Waals surface area contributed by atoms with Crippen molar-refractivity contribution in [3.63, 3.8) is 0 Å². The van der Waals surface area contributed by atoms with Gasteiger partial charge in [0.2, 0.25) is 0 Å². The van der Waals surface area contributed by atoms with Crippen molar-refractivity contribution in [2.75, 3.05) is 39.3 Å². The topological polar surface area (TPSA) is 80.8 Å². The summed E-state index contributed by atoms with van der Waals surface area (Å²) in [6.45, 7) is 10.2. The highest BCUT2D eigenvalue weighted by Crippen LogP contribution is 2.31. The number of aromatic amines is 1. The molecular formula is C28H42N4O3. The molecule has 2 aromatic rings. The van der Waals surface area contributed by atoms with Crippen molar-refractivity contribution in [3.05, 3.63) is 30.0 Å². The molecule has 35 heavy (non-hydrogen) atoms. The number of likely N-dealkylation sites (tertiary alicyclic amines) is 2. The summed E-state index contributed by atoms with van der Waals surface area (Å²) in [6.07, 6.45) is 6.51. The second-order valence-corrected chi connectivity index (χ2v) is 11.2. The summed E-state index contributed by atoms with van der Waals surface area (Å²) in [5.74, 6) is 1.86. The minimum atomic E-state index is -0.151. The van der Waals surface area contributed by atoms with E-state index in [1.165, 1.54) is 19.3 Å². The highest BCUT2D eigenvalue weighted by molar-refractivity contribution is 5.99. The second kappa shape index (κ2) is 10.9. The van der Waals surface area contributed by atoms with Crippen LogP contribution >= 0.6 is 0 Å². The number of carbonyl (C=O) groups excluding carboxylic acids is 1. The van der Waals surface area contributed by atoms with Crippen molar-refractivity contribution < 1.29 is 14.6 Å². The molecule has 3 atom stereocenters. The van der Waals surface area contributed by atoms with Crippen molar-refractivity contribution in [3.8, 4) is 5.75 Å². The molecule has 5 rings (SSSR count). The number of aromatic nitrogens is 1. The zero-order valence-electron chi connectivity index (χ0n) is 21.3. The fourth-order valence-electron chi connectivity index (χ4n) is 5.82. The van der Waals surface area contributed by atoms with Crippen LogP contribution in [0, 0.1) is 11.8 Å². The van der Waals surface area contributed by atoms with Gasteiger partial charge in [-0.3, -0.25) is 9.69 Å². The van der Waals surface area contributed by atoms with Gasteiger partial charge in [0.1, 0.15) is 11.4 Å². The molecule has 7 nitrogen and oxygen atoms in total. The Morgan fingerprint density at radius 3 is 2.71 bits per heavy atom. The minimum absolute atomic E-state index is 0.0289. The van der Waals surface area contributed by atoms with Crippen LogP contribution in [0.4, 0.5) is 0 Å². The monoisotopic (exact) mass is 482 g/mol. The van der Waals surface area contributed by atoms with Crippen LogP contribution in [0.2, 0.25) is 0 Å². The Bertz CT molecular complexity index is 995. The fourth-order valence-corrected chi connectivity index (χ4v) is 5.82. The van der Waals surface area contributed by atoms with Crippen LogP contribution < -0.4 is 10.1 Å². The van der Waals surface area contributed by atoms with E-state index in [2.05, 4.69) is 33.9 Å². The maximum atomic E-state index is 13.0. The lowest BCUT2D eigenvalue weighted by molar-refractivity contribution is 0.0115. The number of nitrogens with one attached hydrogen (secondary N) is 2. The van der Waals surface area contributed by atoms with Crippen molar-refractivity contribution in [2.24, 2.45) is 11.8 Å². The molecular weight excluding hydrogens is 440 g/mol. The number of fused-ring (bicyclic) bond motifs is 1. The van der Waals surface area contributed by atoms with E-state index in [9.17, 15) is 9.90 Å². The number of H-pyrrole nitrogens is 1. The van der Waals surface area contributed by atoms with E-state index in [-0.39, 0.29) is 18.1 Å². The Labute approximate surface area is 209 Å². The lowest BCUT2D eigenvalue weighted by Gasteiger charge is -2.41. The minimum Gasteiger partial charge on any atom is -0.493 e. The molecule has 1 saturated carbocycles. The molecule has 1 aromatic carbocycles. The van der Waals surface area contributed by atoms with E-state index < -0.39 is 0 Å². The van der Waals surface area contributed by atoms with Crippen LogP contribution in [-0.2, 0) is 0 Å². The van der Waals surface area contributed by atoms with Gasteiger partial charge in [-0.2, -0.15) is 0 Å². The number of nitrogens with zero attached hydrogens (tertiary/aromatic N) is 2. The normalized spacial score (nSPS) is 25.9. The number of ether oxygens (including phenoxy) is 1. The number of hydrogen-bond acceptors (Lipinski definition) is 5. The number of aliphatic hydroxyl groups is 1. The van der Waals surface area contributed by atoms with Gasteiger partial charge in [0.05, 0.1) is 12.7 Å². The average Bonchev–Trinajstić information content (AvgIpc) is 3.26. The van der Waals surface area contributed by atoms with Crippen LogP contribution in [0.15, 0.2) is 24.3 Å². The van der Waals surface area contributed by atoms with Crippen molar-refractivity contribution in [2.45, 2.75) is 70.6 Å². The molecule has 3 unspecified atom stereocenters. The third kappa shape index (κ3) is 5.84. The Hall–Kier alpha value is -2.09. The van der Waals surface area contributed by atoms with Crippen LogP contribution in [0.25, 0.3) is 10.9 Å². The quantitative estimate of drug-likeness (QED) is 0.535. The van der Waals surface area contributed by atoms with Crippen molar-refractivity contribution in [1.29, 1.82) is 0 Å². The number of hydrogen-bond donors (Lipinski definition) is 3. The molecule has 192 valence electrons. The molecule has 3 aliphatic rings. The number of amides is 1. The van der Waals surface area contributed by atoms with Gasteiger partial charge in [0.15, 0.2) is 0 Å². The fraction of sp³-hybridized carbons (Fsp3) is 0.679. The first-order valence-electron chi connectivity index (χ1n) is 13.7. The van der Waals surface area contributed by atoms with E-state index in [0.29, 0.717) is 23.6 Å². The number of aliphatic hydroxyl groups excluding tert-OH is 1. The number of carbonyl (C=O) groups is 1. The predicted molar refractivity (Wildman–Crippen MR) is 139 cm³/mol. The second-order valence-electron chi connectivity index (χ2n) is 11.2. The highest BCUT2D eigenvalue weighted by Gasteiger charge is 2.29. The van der Waals surface area contributed by atoms with Gasteiger partial charge in [-0.25, -0.2) is 0 Å². The number of rotatable bonds is 8. The average molecular weight is 483 g/mol. The molecule has 2 aliphatic heterocycles. The van der Waals surface area contributed by atoms with E-state index in [1.54, 1.807) is 0 Å². The molecule has 3 N–H and O–H groups in total. The van der Waals surface area contributed by atoms with Crippen LogP contribution in [0.5, 0.6) is 5.75 Å². The first-order chi connectivity index (χ1) is 17.0. The molecule has 1 amide bonds. The summed E-state index contributed by atoms with van der Waals surface area (Å²) in [4.78, 5) is 21.4. The van der Waals surface area contributed by atoms with Gasteiger partial charge in [-0.15, -0.1) is 0 Å². The summed E-state index contributed by atoms with van der Waals surface area (Å²) >= 11 is 0. The van der Waals surface area contributed by atoms with Crippen LogP contribution in [0.3, 0.4) is 0 Å². The Morgan fingerprint density at radius 2 is 2.00 bits per heavy atom. The summed E-state index contributed by atoms with van der Waals surface area (Å²) in [7, 11) is 0. The Kier molecular flexibility index (Phi) is 7.65. The van der Waals surface area contributed by atoms with Crippen molar-refractivity contribution >= 4 is 16.8 Å². The first-order valence-corrected chi connectivity index (χ1v) is 13.7. The zero-order valence-corrected chi connectivity index (χ0v) is 21.3. The van der Waals surface area contributed by atoms with Gasteiger partial charge in [-0.05, 0) is 69.1 Å². The Balaban J connectivity index is 1.10. The van der Waals surface area contributed by atoms with Crippen molar-refractivity contribution in [1.82, 2.24) is 20.1 Å². The number of benzene rings is 1. The maximum Gasteiger partial charge on any atom is 0.267 e. The van der Waals surface area contributed by atoms with Gasteiger partial charge in [-0.1, -0.05) is 19.4 Å². The highest BCUT2D eigenvalue weighted by atomic mass is 16.5. The van der Waals surface area contributed by atoms with Gasteiger partial charge in [0, 0.05) is 55.7 Å². The molecule has 3 heterocycles. The molecule has 1 aromatic heterocycles. The third-order valence-corrected chi connectivity index (χ3v) is 8.53. The summed E-state index contributed by atoms with van der Waals surface area (Å²) in [6, 6.07) is 8.63. The van der Waals surface area contributed by atoms with Gasteiger partial charge in [0.25, 0.3) is 5.91 Å². The summed E-state index contributed by atoms with van der Waals surface area (Å²) < 4.78 is 6.09. The molecule has 1 aliphatic carbocycles. The van der Waals surface area contributed by atoms with E-state index in [1.807, 2.05) is 24.3 Å². The maximum absolute atomic E-state index is 13.0. The predicted octanol–water partition coefficient (Wildman–Crippen LogP) is 3.63. The van der Waals surface area contributed by atoms with Crippen LogP contribution in [0.1, 0.15) is 62.9 Å². The first kappa shape index (κ1) is 24.6. The standard InChI is InChI=1S/C28H42N4O3/c1-19-16-32(14-11-26(19)33)20(2)17-31-12-9-22(10-13-31)29-28(34)25-15-23-24(30-25)7-4-8-27(23)35-18-21-5-3-6-21/h4,7-8,15,19-22,26,30,33H,3,5-6,9-14,16-18H2,1-2H3,(H,29,34). The zero-order chi connectivity index (χ0) is 24.4. The third-order valence-electron chi connectivity index (χ3n) is 8.53. The van der Waals surface area contributed by atoms with Crippen LogP contribution in [-0.4, -0.2) is 83.3 Å². The molecule has 0 spiro atoms. The summed E-state index contributed by atoms with van der Waals surface area (Å²) in [5.41, 5.74) is 1.56. The molecule has 0 bridgehead atoms. The van der Waals surface area contributed by atoms with E-state index in [0.717, 1.165) is 75.2 Å².